The Morgan fingerprint density at radius 1 is 1.02 bits per heavy atom. The number of hydrogen-bond acceptors (Lipinski definition) is 8. The highest BCUT2D eigenvalue weighted by Crippen LogP contribution is 2.30. The predicted octanol–water partition coefficient (Wildman–Crippen LogP) is 4.91. The molecular formula is C30H33ClN4O6S. The molecule has 3 rings (SSSR count). The van der Waals surface area contributed by atoms with Crippen LogP contribution in [-0.4, -0.2) is 38.9 Å². The van der Waals surface area contributed by atoms with Crippen LogP contribution in [0.2, 0.25) is 5.02 Å². The molecule has 0 spiro atoms. The summed E-state index contributed by atoms with van der Waals surface area (Å²) in [7, 11) is -3.92. The molecule has 42 heavy (non-hydrogen) atoms. The summed E-state index contributed by atoms with van der Waals surface area (Å²) in [6, 6.07) is 19.6. The number of carbonyl (C=O) groups excluding carboxylic acids is 2. The lowest BCUT2D eigenvalue weighted by Gasteiger charge is -2.22. The first-order valence-corrected chi connectivity index (χ1v) is 15.1. The van der Waals surface area contributed by atoms with Crippen LogP contribution in [0, 0.1) is 17.2 Å². The lowest BCUT2D eigenvalue weighted by Crippen LogP contribution is -2.49. The van der Waals surface area contributed by atoms with Gasteiger partial charge in [-0.3, -0.25) is 4.79 Å². The number of hydrogen-bond donors (Lipinski definition) is 3. The number of nitrogens with one attached hydrogen (secondary N) is 2. The Hall–Kier alpha value is -3.95. The number of nitrogens with two attached hydrogens (primary N) is 1. The third-order valence-corrected chi connectivity index (χ3v) is 7.91. The molecule has 222 valence electrons. The molecule has 0 radical (unpaired) electrons. The number of ketones is 1. The van der Waals surface area contributed by atoms with Gasteiger partial charge in [0.15, 0.2) is 5.78 Å². The standard InChI is InChI=1S/C30H33ClN4O6S/c1-20(2)17-27(35-30(37)40-19-21-7-4-3-5-8-21)29(36)26(33)15-16-34-42(38,39)23-13-11-22(12-14-23)41-28-10-6-9-25(31)24(28)18-32/h3-14,20,26-27,34H,15-17,19,33H2,1-2H3,(H,35,37)/t26?,27-/m0/s1. The van der Waals surface area contributed by atoms with E-state index in [4.69, 9.17) is 26.8 Å². The minimum absolute atomic E-state index is 0.0142. The minimum Gasteiger partial charge on any atom is -0.456 e. The van der Waals surface area contributed by atoms with E-state index >= 15 is 0 Å². The Bertz CT molecular complexity index is 1510. The lowest BCUT2D eigenvalue weighted by atomic mass is 9.95. The van der Waals surface area contributed by atoms with Crippen LogP contribution in [0.15, 0.2) is 77.7 Å². The fraction of sp³-hybridized carbons (Fsp3) is 0.300. The summed E-state index contributed by atoms with van der Waals surface area (Å²) >= 11 is 6.02. The Morgan fingerprint density at radius 3 is 2.36 bits per heavy atom. The van der Waals surface area contributed by atoms with Crippen molar-refractivity contribution in [3.8, 4) is 17.6 Å². The van der Waals surface area contributed by atoms with Crippen molar-refractivity contribution in [2.75, 3.05) is 6.54 Å². The first-order valence-electron chi connectivity index (χ1n) is 13.2. The highest BCUT2D eigenvalue weighted by atomic mass is 35.5. The van der Waals surface area contributed by atoms with E-state index in [0.717, 1.165) is 5.56 Å². The zero-order valence-corrected chi connectivity index (χ0v) is 24.8. The molecule has 2 atom stereocenters. The van der Waals surface area contributed by atoms with Crippen LogP contribution in [0.4, 0.5) is 4.79 Å². The Labute approximate surface area is 250 Å². The summed E-state index contributed by atoms with van der Waals surface area (Å²) in [5.74, 6) is 0.216. The van der Waals surface area contributed by atoms with E-state index in [1.165, 1.54) is 24.3 Å². The second-order valence-electron chi connectivity index (χ2n) is 9.88. The number of nitrogens with zero attached hydrogens (tertiary/aromatic N) is 1. The van der Waals surface area contributed by atoms with Gasteiger partial charge in [0.25, 0.3) is 0 Å². The van der Waals surface area contributed by atoms with Crippen LogP contribution >= 0.6 is 11.6 Å². The number of Topliss-reactive ketones (excluding diaryl/α,β-unsaturated/α-hetero) is 1. The predicted molar refractivity (Wildman–Crippen MR) is 158 cm³/mol. The summed E-state index contributed by atoms with van der Waals surface area (Å²) in [6.45, 7) is 3.77. The molecule has 1 unspecified atom stereocenters. The quantitative estimate of drug-likeness (QED) is 0.231. The van der Waals surface area contributed by atoms with Crippen molar-refractivity contribution in [2.45, 2.75) is 50.3 Å². The maximum absolute atomic E-state index is 13.1. The van der Waals surface area contributed by atoms with Gasteiger partial charge >= 0.3 is 6.09 Å². The van der Waals surface area contributed by atoms with E-state index in [1.54, 1.807) is 18.2 Å². The van der Waals surface area contributed by atoms with Crippen molar-refractivity contribution in [1.82, 2.24) is 10.0 Å². The van der Waals surface area contributed by atoms with Crippen LogP contribution in [0.3, 0.4) is 0 Å². The third kappa shape index (κ3) is 9.56. The molecule has 0 aromatic heterocycles. The number of sulfonamides is 1. The molecule has 1 amide bonds. The maximum atomic E-state index is 13.1. The van der Waals surface area contributed by atoms with Gasteiger partial charge in [0.05, 0.1) is 22.0 Å². The van der Waals surface area contributed by atoms with E-state index in [9.17, 15) is 23.3 Å². The van der Waals surface area contributed by atoms with Crippen LogP contribution in [-0.2, 0) is 26.2 Å². The third-order valence-electron chi connectivity index (χ3n) is 6.12. The van der Waals surface area contributed by atoms with E-state index in [1.807, 2.05) is 50.2 Å². The van der Waals surface area contributed by atoms with Crippen LogP contribution < -0.4 is 20.5 Å². The van der Waals surface area contributed by atoms with Gasteiger partial charge in [-0.05, 0) is 60.7 Å². The average molecular weight is 613 g/mol. The average Bonchev–Trinajstić information content (AvgIpc) is 2.96. The summed E-state index contributed by atoms with van der Waals surface area (Å²) in [6.07, 6.45) is -0.379. The van der Waals surface area contributed by atoms with Crippen LogP contribution in [0.5, 0.6) is 11.5 Å². The fourth-order valence-corrected chi connectivity index (χ4v) is 5.22. The van der Waals surface area contributed by atoms with Crippen molar-refractivity contribution in [2.24, 2.45) is 11.7 Å². The van der Waals surface area contributed by atoms with E-state index in [2.05, 4.69) is 10.0 Å². The number of nitriles is 1. The Balaban J connectivity index is 1.54. The minimum atomic E-state index is -3.92. The second kappa shape index (κ2) is 15.3. The van der Waals surface area contributed by atoms with E-state index < -0.39 is 34.0 Å². The first kappa shape index (κ1) is 32.6. The van der Waals surface area contributed by atoms with Crippen molar-refractivity contribution < 1.29 is 27.5 Å². The summed E-state index contributed by atoms with van der Waals surface area (Å²) in [5, 5.41) is 12.1. The number of halogens is 1. The van der Waals surface area contributed by atoms with Crippen molar-refractivity contribution in [3.05, 3.63) is 88.9 Å². The van der Waals surface area contributed by atoms with Gasteiger partial charge in [0.2, 0.25) is 10.0 Å². The maximum Gasteiger partial charge on any atom is 0.408 e. The molecule has 0 saturated heterocycles. The van der Waals surface area contributed by atoms with Gasteiger partial charge in [-0.25, -0.2) is 17.9 Å². The number of benzene rings is 3. The smallest absolute Gasteiger partial charge is 0.408 e. The highest BCUT2D eigenvalue weighted by Gasteiger charge is 2.27. The summed E-state index contributed by atoms with van der Waals surface area (Å²) < 4.78 is 39.0. The van der Waals surface area contributed by atoms with Gasteiger partial charge in [-0.15, -0.1) is 0 Å². The number of amides is 1. The van der Waals surface area contributed by atoms with Crippen LogP contribution in [0.25, 0.3) is 0 Å². The Kier molecular flexibility index (Phi) is 11.9. The fourth-order valence-electron chi connectivity index (χ4n) is 3.97. The normalized spacial score (nSPS) is 12.7. The topological polar surface area (TPSA) is 161 Å². The van der Waals surface area contributed by atoms with Crippen LogP contribution in [0.1, 0.15) is 37.8 Å². The van der Waals surface area contributed by atoms with E-state index in [-0.39, 0.29) is 46.7 Å². The zero-order chi connectivity index (χ0) is 30.7. The van der Waals surface area contributed by atoms with Gasteiger partial charge in [-0.1, -0.05) is 61.8 Å². The molecule has 12 heteroatoms. The van der Waals surface area contributed by atoms with Crippen molar-refractivity contribution in [1.29, 1.82) is 5.26 Å². The summed E-state index contributed by atoms with van der Waals surface area (Å²) in [5.41, 5.74) is 7.08. The second-order valence-corrected chi connectivity index (χ2v) is 12.1. The monoisotopic (exact) mass is 612 g/mol. The van der Waals surface area contributed by atoms with Crippen molar-refractivity contribution >= 4 is 33.5 Å². The van der Waals surface area contributed by atoms with Gasteiger partial charge in [-0.2, -0.15) is 5.26 Å². The first-order chi connectivity index (χ1) is 20.0. The molecule has 3 aromatic rings. The Morgan fingerprint density at radius 2 is 1.71 bits per heavy atom. The largest absolute Gasteiger partial charge is 0.456 e. The molecule has 4 N–H and O–H groups in total. The molecule has 10 nitrogen and oxygen atoms in total. The molecule has 0 aliphatic heterocycles. The SMILES string of the molecule is CC(C)C[C@H](NC(=O)OCc1ccccc1)C(=O)C(N)CCNS(=O)(=O)c1ccc(Oc2cccc(Cl)c2C#N)cc1. The summed E-state index contributed by atoms with van der Waals surface area (Å²) in [4.78, 5) is 25.4. The molecule has 0 saturated carbocycles. The highest BCUT2D eigenvalue weighted by molar-refractivity contribution is 7.89. The van der Waals surface area contributed by atoms with Gasteiger partial charge in [0.1, 0.15) is 29.7 Å². The molecule has 3 aromatic carbocycles. The number of carbonyl (C=O) groups is 2. The lowest BCUT2D eigenvalue weighted by molar-refractivity contribution is -0.122. The number of rotatable bonds is 14. The zero-order valence-electron chi connectivity index (χ0n) is 23.2. The molecule has 0 aliphatic rings. The molecule has 0 heterocycles. The molecule has 0 fully saturated rings. The molecule has 0 aliphatic carbocycles. The number of ether oxygens (including phenoxy) is 2. The van der Waals surface area contributed by atoms with Gasteiger partial charge < -0.3 is 20.5 Å². The molecular weight excluding hydrogens is 580 g/mol. The number of alkyl carbamates (subject to hydrolysis) is 1. The van der Waals surface area contributed by atoms with Gasteiger partial charge in [0, 0.05) is 6.54 Å². The van der Waals surface area contributed by atoms with Crippen molar-refractivity contribution in [3.63, 3.8) is 0 Å². The van der Waals surface area contributed by atoms with E-state index in [0.29, 0.717) is 12.2 Å². The molecule has 0 bridgehead atoms.